The molecule has 0 aliphatic rings. The second-order valence-corrected chi connectivity index (χ2v) is 6.66. The van der Waals surface area contributed by atoms with Gasteiger partial charge >= 0.3 is 0 Å². The van der Waals surface area contributed by atoms with Crippen LogP contribution in [0.2, 0.25) is 0 Å². The Morgan fingerprint density at radius 3 is 2.30 bits per heavy atom. The van der Waals surface area contributed by atoms with Gasteiger partial charge in [-0.3, -0.25) is 4.90 Å². The van der Waals surface area contributed by atoms with Gasteiger partial charge in [0.2, 0.25) is 4.77 Å². The molecule has 0 N–H and O–H groups in total. The molecule has 2 aromatic heterocycles. The number of aromatic nitrogens is 6. The summed E-state index contributed by atoms with van der Waals surface area (Å²) < 4.78 is 5.81. The molecular formula is C19H19N7S. The summed E-state index contributed by atoms with van der Waals surface area (Å²) in [5.41, 5.74) is 3.06. The van der Waals surface area contributed by atoms with Gasteiger partial charge in [-0.05, 0) is 54.0 Å². The first-order valence-corrected chi connectivity index (χ1v) is 8.97. The van der Waals surface area contributed by atoms with Crippen LogP contribution in [0.5, 0.6) is 0 Å². The smallest absolute Gasteiger partial charge is 0.221 e. The van der Waals surface area contributed by atoms with Gasteiger partial charge in [0, 0.05) is 18.3 Å². The van der Waals surface area contributed by atoms with Gasteiger partial charge in [-0.2, -0.15) is 9.78 Å². The molecular weight excluding hydrogens is 358 g/mol. The molecule has 0 aliphatic carbocycles. The van der Waals surface area contributed by atoms with Gasteiger partial charge in [0.1, 0.15) is 0 Å². The molecule has 0 bridgehead atoms. The van der Waals surface area contributed by atoms with Gasteiger partial charge in [0.05, 0.1) is 24.2 Å². The normalized spacial score (nSPS) is 11.2. The van der Waals surface area contributed by atoms with Crippen molar-refractivity contribution in [2.75, 3.05) is 7.05 Å². The van der Waals surface area contributed by atoms with Crippen molar-refractivity contribution in [3.8, 4) is 11.4 Å². The highest BCUT2D eigenvalue weighted by molar-refractivity contribution is 7.71. The lowest BCUT2D eigenvalue weighted by Crippen LogP contribution is -2.22. The molecule has 2 heterocycles. The maximum Gasteiger partial charge on any atom is 0.221 e. The van der Waals surface area contributed by atoms with Gasteiger partial charge in [-0.15, -0.1) is 0 Å². The minimum atomic E-state index is 0.544. The molecule has 0 radical (unpaired) electrons. The highest BCUT2D eigenvalue weighted by Crippen LogP contribution is 2.10. The Balaban J connectivity index is 1.45. The van der Waals surface area contributed by atoms with E-state index >= 15 is 0 Å². The van der Waals surface area contributed by atoms with Crippen LogP contribution in [0.25, 0.3) is 11.4 Å². The van der Waals surface area contributed by atoms with Gasteiger partial charge in [-0.25, -0.2) is 9.36 Å². The summed E-state index contributed by atoms with van der Waals surface area (Å²) in [5, 5.41) is 12.8. The molecule has 0 saturated heterocycles. The monoisotopic (exact) mass is 377 g/mol. The Hall–Kier alpha value is -3.10. The van der Waals surface area contributed by atoms with E-state index in [1.165, 1.54) is 0 Å². The van der Waals surface area contributed by atoms with E-state index < -0.39 is 0 Å². The lowest BCUT2D eigenvalue weighted by atomic mass is 10.3. The molecule has 27 heavy (non-hydrogen) atoms. The number of nitrogens with zero attached hydrogens (tertiary/aromatic N) is 7. The molecule has 0 atom stereocenters. The predicted octanol–water partition coefficient (Wildman–Crippen LogP) is 3.07. The van der Waals surface area contributed by atoms with Crippen molar-refractivity contribution in [1.82, 2.24) is 34.5 Å². The zero-order valence-electron chi connectivity index (χ0n) is 14.9. The molecule has 0 amide bonds. The van der Waals surface area contributed by atoms with Crippen molar-refractivity contribution in [3.63, 3.8) is 0 Å². The number of tetrazole rings is 1. The predicted molar refractivity (Wildman–Crippen MR) is 105 cm³/mol. The average molecular weight is 377 g/mol. The minimum absolute atomic E-state index is 0.544. The van der Waals surface area contributed by atoms with Crippen LogP contribution >= 0.6 is 12.2 Å². The van der Waals surface area contributed by atoms with Crippen molar-refractivity contribution in [1.29, 1.82) is 0 Å². The molecule has 8 heteroatoms. The van der Waals surface area contributed by atoms with Crippen molar-refractivity contribution >= 4 is 12.2 Å². The van der Waals surface area contributed by atoms with Crippen molar-refractivity contribution < 1.29 is 0 Å². The first-order valence-electron chi connectivity index (χ1n) is 8.56. The summed E-state index contributed by atoms with van der Waals surface area (Å²) in [6.45, 7) is 1.27. The highest BCUT2D eigenvalue weighted by Gasteiger charge is 2.09. The molecule has 0 aliphatic heterocycles. The summed E-state index contributed by atoms with van der Waals surface area (Å²) >= 11 is 5.52. The zero-order chi connectivity index (χ0) is 18.6. The lowest BCUT2D eigenvalue weighted by molar-refractivity contribution is 0.242. The van der Waals surface area contributed by atoms with E-state index in [4.69, 9.17) is 12.2 Å². The summed E-state index contributed by atoms with van der Waals surface area (Å²) in [5.74, 6) is 0. The van der Waals surface area contributed by atoms with Crippen LogP contribution in [0.15, 0.2) is 73.1 Å². The van der Waals surface area contributed by atoms with E-state index in [0.29, 0.717) is 11.4 Å². The van der Waals surface area contributed by atoms with Gasteiger partial charge in [0.25, 0.3) is 0 Å². The van der Waals surface area contributed by atoms with Gasteiger partial charge in [0.15, 0.2) is 0 Å². The summed E-state index contributed by atoms with van der Waals surface area (Å²) in [4.78, 5) is 2.12. The Bertz CT molecular complexity index is 1070. The second-order valence-electron chi connectivity index (χ2n) is 6.29. The molecule has 4 rings (SSSR count). The fourth-order valence-corrected chi connectivity index (χ4v) is 3.08. The third kappa shape index (κ3) is 3.86. The topological polar surface area (TPSA) is 56.7 Å². The SMILES string of the molecule is CN(Cc1cnn(-c2ccccc2)c1)Cn1nnn(-c2ccccc2)c1=S. The Labute approximate surface area is 162 Å². The van der Waals surface area contributed by atoms with Gasteiger partial charge in [-0.1, -0.05) is 36.4 Å². The average Bonchev–Trinajstić information content (AvgIpc) is 3.30. The molecule has 4 aromatic rings. The fraction of sp³-hybridized carbons (Fsp3) is 0.158. The van der Waals surface area contributed by atoms with Crippen molar-refractivity contribution in [2.45, 2.75) is 13.2 Å². The summed E-state index contributed by atoms with van der Waals surface area (Å²) in [7, 11) is 2.02. The Morgan fingerprint density at radius 2 is 1.59 bits per heavy atom. The second kappa shape index (κ2) is 7.65. The van der Waals surface area contributed by atoms with E-state index in [2.05, 4.69) is 20.4 Å². The fourth-order valence-electron chi connectivity index (χ4n) is 2.85. The first-order chi connectivity index (χ1) is 13.2. The van der Waals surface area contributed by atoms with Gasteiger partial charge < -0.3 is 0 Å². The van der Waals surface area contributed by atoms with Crippen LogP contribution in [-0.2, 0) is 13.2 Å². The molecule has 0 spiro atoms. The number of hydrogen-bond acceptors (Lipinski definition) is 5. The molecule has 7 nitrogen and oxygen atoms in total. The van der Waals surface area contributed by atoms with Crippen LogP contribution in [0, 0.1) is 4.77 Å². The highest BCUT2D eigenvalue weighted by atomic mass is 32.1. The van der Waals surface area contributed by atoms with Crippen LogP contribution in [-0.4, -0.2) is 41.5 Å². The van der Waals surface area contributed by atoms with E-state index in [0.717, 1.165) is 23.5 Å². The van der Waals surface area contributed by atoms with E-state index in [9.17, 15) is 0 Å². The largest absolute Gasteiger partial charge is 0.283 e. The van der Waals surface area contributed by atoms with E-state index in [1.807, 2.05) is 84.8 Å². The van der Waals surface area contributed by atoms with Crippen LogP contribution in [0.1, 0.15) is 5.56 Å². The number of rotatable bonds is 6. The van der Waals surface area contributed by atoms with Crippen molar-refractivity contribution in [3.05, 3.63) is 83.4 Å². The minimum Gasteiger partial charge on any atom is -0.283 e. The number of para-hydroxylation sites is 2. The maximum absolute atomic E-state index is 5.52. The maximum atomic E-state index is 5.52. The number of hydrogen-bond donors (Lipinski definition) is 0. The molecule has 2 aromatic carbocycles. The third-order valence-electron chi connectivity index (χ3n) is 4.12. The molecule has 0 saturated carbocycles. The summed E-state index contributed by atoms with van der Waals surface area (Å²) in [6.07, 6.45) is 3.91. The number of benzene rings is 2. The van der Waals surface area contributed by atoms with E-state index in [-0.39, 0.29) is 0 Å². The first kappa shape index (κ1) is 17.3. The molecule has 136 valence electrons. The quantitative estimate of drug-likeness (QED) is 0.483. The Morgan fingerprint density at radius 1 is 0.926 bits per heavy atom. The van der Waals surface area contributed by atoms with Crippen LogP contribution in [0.4, 0.5) is 0 Å². The third-order valence-corrected chi connectivity index (χ3v) is 4.51. The lowest BCUT2D eigenvalue weighted by Gasteiger charge is -2.14. The molecule has 0 fully saturated rings. The van der Waals surface area contributed by atoms with Crippen LogP contribution in [0.3, 0.4) is 0 Å². The molecule has 0 unspecified atom stereocenters. The summed E-state index contributed by atoms with van der Waals surface area (Å²) in [6, 6.07) is 19.8. The Kier molecular flexibility index (Phi) is 4.91. The van der Waals surface area contributed by atoms with Crippen molar-refractivity contribution in [2.24, 2.45) is 0 Å². The zero-order valence-corrected chi connectivity index (χ0v) is 15.7. The van der Waals surface area contributed by atoms with E-state index in [1.54, 1.807) is 9.36 Å². The standard InChI is InChI=1S/C19H19N7S/c1-23(13-16-12-20-24(14-16)17-8-4-2-5-9-17)15-25-19(27)26(22-21-25)18-10-6-3-7-11-18/h2-12,14H,13,15H2,1H3. The van der Waals surface area contributed by atoms with Crippen LogP contribution < -0.4 is 0 Å².